The van der Waals surface area contributed by atoms with Crippen LogP contribution in [0.3, 0.4) is 0 Å². The SMILES string of the molecule is COc1cc(-n2cnc(Nc3ncc4cc[n+](C5CCC(O)CC5)n4n3)c2)cc(OC)c1OC. The van der Waals surface area contributed by atoms with Crippen molar-refractivity contribution in [1.29, 1.82) is 0 Å². The van der Waals surface area contributed by atoms with Gasteiger partial charge in [-0.3, -0.25) is 5.32 Å². The first-order chi connectivity index (χ1) is 16.6. The van der Waals surface area contributed by atoms with Gasteiger partial charge in [0.2, 0.25) is 5.75 Å². The summed E-state index contributed by atoms with van der Waals surface area (Å²) >= 11 is 0. The van der Waals surface area contributed by atoms with Crippen molar-refractivity contribution < 1.29 is 24.0 Å². The predicted octanol–water partition coefficient (Wildman–Crippen LogP) is 2.45. The molecule has 178 valence electrons. The fraction of sp³-hybridized carbons (Fsp3) is 0.391. The minimum absolute atomic E-state index is 0.198. The number of imidazole rings is 1. The fourth-order valence-electron chi connectivity index (χ4n) is 4.38. The molecule has 1 saturated carbocycles. The Bertz CT molecular complexity index is 1270. The maximum Gasteiger partial charge on any atom is 0.369 e. The van der Waals surface area contributed by atoms with Gasteiger partial charge in [-0.25, -0.2) is 4.98 Å². The van der Waals surface area contributed by atoms with Crippen LogP contribution in [0.1, 0.15) is 31.7 Å². The molecule has 0 spiro atoms. The number of nitrogens with one attached hydrogen (secondary N) is 1. The Kier molecular flexibility index (Phi) is 5.93. The standard InChI is InChI=1S/C23H28N7O4/c1-32-19-10-17(11-20(33-2)22(19)34-3)28-13-21(25-14-28)26-23-24-12-16-8-9-29(30(16)27-23)15-4-6-18(31)7-5-15/h8-15,18,31H,4-7H2,1-3H3,(H,24,26,27)/q+1. The first-order valence-corrected chi connectivity index (χ1v) is 11.1. The van der Waals surface area contributed by atoms with E-state index in [-0.39, 0.29) is 6.10 Å². The van der Waals surface area contributed by atoms with Crippen LogP contribution in [0.25, 0.3) is 11.2 Å². The monoisotopic (exact) mass is 466 g/mol. The molecule has 0 radical (unpaired) electrons. The van der Waals surface area contributed by atoms with E-state index in [1.54, 1.807) is 33.9 Å². The van der Waals surface area contributed by atoms with Crippen LogP contribution in [0.4, 0.5) is 11.8 Å². The van der Waals surface area contributed by atoms with Crippen molar-refractivity contribution >= 4 is 17.3 Å². The lowest BCUT2D eigenvalue weighted by Crippen LogP contribution is -2.47. The Labute approximate surface area is 196 Å². The predicted molar refractivity (Wildman–Crippen MR) is 123 cm³/mol. The maximum absolute atomic E-state index is 9.83. The topological polar surface area (TPSA) is 112 Å². The second kappa shape index (κ2) is 9.18. The van der Waals surface area contributed by atoms with Gasteiger partial charge < -0.3 is 23.9 Å². The highest BCUT2D eigenvalue weighted by molar-refractivity contribution is 5.59. The molecular weight excluding hydrogens is 438 g/mol. The van der Waals surface area contributed by atoms with Crippen LogP contribution in [0.2, 0.25) is 0 Å². The van der Waals surface area contributed by atoms with Crippen LogP contribution in [0, 0.1) is 0 Å². The van der Waals surface area contributed by atoms with E-state index < -0.39 is 0 Å². The van der Waals surface area contributed by atoms with Crippen molar-refractivity contribution in [2.45, 2.75) is 37.8 Å². The summed E-state index contributed by atoms with van der Waals surface area (Å²) in [7, 11) is 4.74. The zero-order valence-electron chi connectivity index (χ0n) is 19.4. The van der Waals surface area contributed by atoms with Gasteiger partial charge in [-0.1, -0.05) is 0 Å². The molecule has 0 aliphatic heterocycles. The largest absolute Gasteiger partial charge is 0.493 e. The molecule has 11 nitrogen and oxygen atoms in total. The Morgan fingerprint density at radius 1 is 1.03 bits per heavy atom. The molecule has 4 aromatic rings. The Balaban J connectivity index is 1.40. The lowest BCUT2D eigenvalue weighted by atomic mass is 9.93. The molecule has 1 aliphatic rings. The van der Waals surface area contributed by atoms with E-state index in [4.69, 9.17) is 14.2 Å². The third kappa shape index (κ3) is 4.10. The zero-order chi connectivity index (χ0) is 23.7. The highest BCUT2D eigenvalue weighted by atomic mass is 16.5. The van der Waals surface area contributed by atoms with Crippen LogP contribution in [0.5, 0.6) is 17.2 Å². The Hall–Kier alpha value is -3.86. The first-order valence-electron chi connectivity index (χ1n) is 11.1. The number of ether oxygens (including phenoxy) is 3. The highest BCUT2D eigenvalue weighted by Gasteiger charge is 2.27. The molecule has 11 heteroatoms. The quantitative estimate of drug-likeness (QED) is 0.400. The van der Waals surface area contributed by atoms with E-state index in [1.807, 2.05) is 39.8 Å². The van der Waals surface area contributed by atoms with Crippen molar-refractivity contribution in [1.82, 2.24) is 24.3 Å². The molecule has 1 aliphatic carbocycles. The second-order valence-corrected chi connectivity index (χ2v) is 8.23. The Morgan fingerprint density at radius 2 is 1.76 bits per heavy atom. The average molecular weight is 467 g/mol. The number of fused-ring (bicyclic) bond motifs is 1. The number of hydrogen-bond donors (Lipinski definition) is 2. The third-order valence-electron chi connectivity index (χ3n) is 6.17. The van der Waals surface area contributed by atoms with Crippen molar-refractivity contribution in [3.63, 3.8) is 0 Å². The summed E-state index contributed by atoms with van der Waals surface area (Å²) in [5.41, 5.74) is 1.70. The van der Waals surface area contributed by atoms with Crippen LogP contribution in [-0.4, -0.2) is 56.8 Å². The number of aliphatic hydroxyl groups is 1. The van der Waals surface area contributed by atoms with Crippen LogP contribution < -0.4 is 24.2 Å². The van der Waals surface area contributed by atoms with Gasteiger partial charge in [-0.2, -0.15) is 9.67 Å². The highest BCUT2D eigenvalue weighted by Crippen LogP contribution is 2.39. The van der Waals surface area contributed by atoms with Gasteiger partial charge in [0, 0.05) is 18.2 Å². The van der Waals surface area contributed by atoms with Crippen LogP contribution in [-0.2, 0) is 0 Å². The Morgan fingerprint density at radius 3 is 2.44 bits per heavy atom. The van der Waals surface area contributed by atoms with E-state index in [0.717, 1.165) is 36.9 Å². The molecule has 1 fully saturated rings. The number of methoxy groups -OCH3 is 3. The lowest BCUT2D eigenvalue weighted by Gasteiger charge is -2.22. The molecule has 0 saturated heterocycles. The molecule has 2 N–H and O–H groups in total. The van der Waals surface area contributed by atoms with E-state index in [2.05, 4.69) is 25.1 Å². The first kappa shape index (κ1) is 22.0. The summed E-state index contributed by atoms with van der Waals surface area (Å²) in [5.74, 6) is 2.67. The van der Waals surface area contributed by atoms with Crippen LogP contribution in [0.15, 0.2) is 43.1 Å². The van der Waals surface area contributed by atoms with Crippen molar-refractivity contribution in [2.75, 3.05) is 26.6 Å². The summed E-state index contributed by atoms with van der Waals surface area (Å²) < 4.78 is 22.1. The van der Waals surface area contributed by atoms with Gasteiger partial charge in [-0.05, 0) is 30.3 Å². The van der Waals surface area contributed by atoms with Crippen LogP contribution >= 0.6 is 0 Å². The van der Waals surface area contributed by atoms with Gasteiger partial charge in [0.25, 0.3) is 0 Å². The minimum Gasteiger partial charge on any atom is -0.493 e. The molecule has 3 heterocycles. The summed E-state index contributed by atoms with van der Waals surface area (Å²) in [6, 6.07) is 5.99. The third-order valence-corrected chi connectivity index (χ3v) is 6.17. The molecule has 0 unspecified atom stereocenters. The lowest BCUT2D eigenvalue weighted by molar-refractivity contribution is -0.790. The number of benzene rings is 1. The summed E-state index contributed by atoms with van der Waals surface area (Å²) in [4.78, 5) is 8.87. The molecule has 1 aromatic carbocycles. The van der Waals surface area contributed by atoms with E-state index in [9.17, 15) is 5.11 Å². The molecule has 0 amide bonds. The summed E-state index contributed by atoms with van der Waals surface area (Å²) in [6.07, 6.45) is 10.6. The number of rotatable bonds is 7. The molecule has 3 aromatic heterocycles. The normalized spacial score (nSPS) is 18.1. The van der Waals surface area contributed by atoms with E-state index in [1.165, 1.54) is 0 Å². The number of aromatic nitrogens is 6. The van der Waals surface area contributed by atoms with E-state index >= 15 is 0 Å². The minimum atomic E-state index is -0.198. The van der Waals surface area contributed by atoms with Gasteiger partial charge in [-0.15, -0.1) is 0 Å². The maximum atomic E-state index is 9.83. The zero-order valence-corrected chi connectivity index (χ0v) is 19.4. The van der Waals surface area contributed by atoms with Crippen molar-refractivity contribution in [2.24, 2.45) is 0 Å². The number of aliphatic hydroxyl groups excluding tert-OH is 1. The average Bonchev–Trinajstić information content (AvgIpc) is 3.50. The van der Waals surface area contributed by atoms with Crippen molar-refractivity contribution in [3.05, 3.63) is 43.1 Å². The fourth-order valence-corrected chi connectivity index (χ4v) is 4.38. The molecule has 0 atom stereocenters. The smallest absolute Gasteiger partial charge is 0.369 e. The molecule has 34 heavy (non-hydrogen) atoms. The number of nitrogens with zero attached hydrogens (tertiary/aromatic N) is 6. The summed E-state index contributed by atoms with van der Waals surface area (Å²) in [6.45, 7) is 0. The van der Waals surface area contributed by atoms with Crippen molar-refractivity contribution in [3.8, 4) is 22.9 Å². The summed E-state index contributed by atoms with van der Waals surface area (Å²) in [5, 5.41) is 17.7. The van der Waals surface area contributed by atoms with Gasteiger partial charge in [0.05, 0.1) is 50.6 Å². The van der Waals surface area contributed by atoms with Gasteiger partial charge in [0.1, 0.15) is 18.6 Å². The van der Waals surface area contributed by atoms with Gasteiger partial charge >= 0.3 is 5.95 Å². The molecular formula is C23H28N7O4+. The van der Waals surface area contributed by atoms with Gasteiger partial charge in [0.15, 0.2) is 22.8 Å². The molecule has 0 bridgehead atoms. The second-order valence-electron chi connectivity index (χ2n) is 8.23. The molecule has 5 rings (SSSR count). The van der Waals surface area contributed by atoms with E-state index in [0.29, 0.717) is 35.1 Å². The number of anilines is 2. The number of hydrogen-bond acceptors (Lipinski definition) is 8.